The molecule has 118 valence electrons. The SMILES string of the molecule is Cc1onc(NS(=O)(=O)c2ccccc2-c2ccccc2)c1Cl. The monoisotopic (exact) mass is 348 g/mol. The van der Waals surface area contributed by atoms with Crippen LogP contribution >= 0.6 is 11.6 Å². The van der Waals surface area contributed by atoms with Crippen molar-refractivity contribution in [3.63, 3.8) is 0 Å². The Kier molecular flexibility index (Phi) is 4.11. The minimum Gasteiger partial charge on any atom is -0.358 e. The molecule has 0 fully saturated rings. The number of aromatic nitrogens is 1. The summed E-state index contributed by atoms with van der Waals surface area (Å²) < 4.78 is 32.7. The highest BCUT2D eigenvalue weighted by Crippen LogP contribution is 2.31. The summed E-state index contributed by atoms with van der Waals surface area (Å²) in [5.74, 6) is 0.327. The number of hydrogen-bond donors (Lipinski definition) is 1. The number of aryl methyl sites for hydroxylation is 1. The fraction of sp³-hybridized carbons (Fsp3) is 0.0625. The molecule has 0 bridgehead atoms. The molecule has 0 atom stereocenters. The Morgan fingerprint density at radius 3 is 2.35 bits per heavy atom. The third-order valence-corrected chi connectivity index (χ3v) is 5.13. The first-order valence-corrected chi connectivity index (χ1v) is 8.64. The predicted molar refractivity (Wildman–Crippen MR) is 88.9 cm³/mol. The number of benzene rings is 2. The lowest BCUT2D eigenvalue weighted by atomic mass is 10.1. The molecule has 3 rings (SSSR count). The van der Waals surface area contributed by atoms with E-state index in [-0.39, 0.29) is 15.7 Å². The molecule has 3 aromatic rings. The second-order valence-corrected chi connectivity index (χ2v) is 6.90. The smallest absolute Gasteiger partial charge is 0.263 e. The van der Waals surface area contributed by atoms with E-state index in [1.54, 1.807) is 25.1 Å². The van der Waals surface area contributed by atoms with E-state index < -0.39 is 10.0 Å². The summed E-state index contributed by atoms with van der Waals surface area (Å²) in [5.41, 5.74) is 1.40. The summed E-state index contributed by atoms with van der Waals surface area (Å²) in [6.07, 6.45) is 0. The third-order valence-electron chi connectivity index (χ3n) is 3.28. The van der Waals surface area contributed by atoms with Gasteiger partial charge in [0.15, 0.2) is 5.76 Å². The van der Waals surface area contributed by atoms with Crippen molar-refractivity contribution in [1.82, 2.24) is 5.16 Å². The van der Waals surface area contributed by atoms with E-state index in [0.717, 1.165) is 5.56 Å². The van der Waals surface area contributed by atoms with Crippen molar-refractivity contribution < 1.29 is 12.9 Å². The number of nitrogens with one attached hydrogen (secondary N) is 1. The molecular weight excluding hydrogens is 336 g/mol. The zero-order valence-electron chi connectivity index (χ0n) is 12.2. The standard InChI is InChI=1S/C16H13ClN2O3S/c1-11-15(17)16(18-22-11)19-23(20,21)14-10-6-5-9-13(14)12-7-3-2-4-8-12/h2-10H,1H3,(H,18,19). The van der Waals surface area contributed by atoms with Gasteiger partial charge in [-0.2, -0.15) is 0 Å². The van der Waals surface area contributed by atoms with Gasteiger partial charge in [0.05, 0.1) is 4.90 Å². The van der Waals surface area contributed by atoms with Crippen LogP contribution < -0.4 is 4.72 Å². The lowest BCUT2D eigenvalue weighted by molar-refractivity contribution is 0.400. The first-order valence-electron chi connectivity index (χ1n) is 6.78. The molecule has 0 unspecified atom stereocenters. The molecule has 0 spiro atoms. The highest BCUT2D eigenvalue weighted by atomic mass is 35.5. The van der Waals surface area contributed by atoms with Gasteiger partial charge in [-0.15, -0.1) is 0 Å². The predicted octanol–water partition coefficient (Wildman–Crippen LogP) is 4.10. The number of sulfonamides is 1. The van der Waals surface area contributed by atoms with Crippen LogP contribution in [0.5, 0.6) is 0 Å². The Labute approximate surface area is 138 Å². The molecule has 0 saturated carbocycles. The zero-order valence-corrected chi connectivity index (χ0v) is 13.7. The van der Waals surface area contributed by atoms with Crippen molar-refractivity contribution in [3.05, 3.63) is 65.4 Å². The number of anilines is 1. The summed E-state index contributed by atoms with van der Waals surface area (Å²) in [5, 5.41) is 3.78. The van der Waals surface area contributed by atoms with Crippen molar-refractivity contribution in [2.24, 2.45) is 0 Å². The minimum atomic E-state index is -3.86. The molecule has 1 heterocycles. The minimum absolute atomic E-state index is 0.0213. The third kappa shape index (κ3) is 3.09. The molecule has 1 N–H and O–H groups in total. The molecule has 0 aliphatic heterocycles. The van der Waals surface area contributed by atoms with Gasteiger partial charge in [0.25, 0.3) is 10.0 Å². The van der Waals surface area contributed by atoms with E-state index in [4.69, 9.17) is 16.1 Å². The number of halogens is 1. The van der Waals surface area contributed by atoms with Gasteiger partial charge < -0.3 is 4.52 Å². The van der Waals surface area contributed by atoms with Gasteiger partial charge in [-0.1, -0.05) is 65.3 Å². The molecule has 0 amide bonds. The Balaban J connectivity index is 2.06. The maximum absolute atomic E-state index is 12.7. The second-order valence-electron chi connectivity index (χ2n) is 4.87. The van der Waals surface area contributed by atoms with Crippen molar-refractivity contribution >= 4 is 27.4 Å². The molecule has 7 heteroatoms. The van der Waals surface area contributed by atoms with Crippen molar-refractivity contribution in [1.29, 1.82) is 0 Å². The van der Waals surface area contributed by atoms with Gasteiger partial charge in [-0.3, -0.25) is 4.72 Å². The van der Waals surface area contributed by atoms with E-state index in [1.165, 1.54) is 6.07 Å². The summed E-state index contributed by atoms with van der Waals surface area (Å²) in [6.45, 7) is 1.60. The molecule has 1 aromatic heterocycles. The lowest BCUT2D eigenvalue weighted by Gasteiger charge is -2.11. The topological polar surface area (TPSA) is 72.2 Å². The van der Waals surface area contributed by atoms with Crippen LogP contribution in [-0.2, 0) is 10.0 Å². The molecule has 0 saturated heterocycles. The molecule has 0 radical (unpaired) electrons. The van der Waals surface area contributed by atoms with Crippen LogP contribution in [0.1, 0.15) is 5.76 Å². The molecule has 2 aromatic carbocycles. The normalized spacial score (nSPS) is 11.4. The van der Waals surface area contributed by atoms with E-state index in [2.05, 4.69) is 9.88 Å². The second kappa shape index (κ2) is 6.06. The van der Waals surface area contributed by atoms with Gasteiger partial charge in [-0.25, -0.2) is 8.42 Å². The summed E-state index contributed by atoms with van der Waals surface area (Å²) in [7, 11) is -3.86. The highest BCUT2D eigenvalue weighted by molar-refractivity contribution is 7.92. The molecular formula is C16H13ClN2O3S. The fourth-order valence-electron chi connectivity index (χ4n) is 2.16. The van der Waals surface area contributed by atoms with Crippen molar-refractivity contribution in [2.75, 3.05) is 4.72 Å². The number of rotatable bonds is 4. The number of nitrogens with zero attached hydrogens (tertiary/aromatic N) is 1. The van der Waals surface area contributed by atoms with Crippen molar-refractivity contribution in [3.8, 4) is 11.1 Å². The van der Waals surface area contributed by atoms with Gasteiger partial charge in [0.2, 0.25) is 5.82 Å². The zero-order chi connectivity index (χ0) is 16.4. The van der Waals surface area contributed by atoms with E-state index in [9.17, 15) is 8.42 Å². The maximum Gasteiger partial charge on any atom is 0.263 e. The van der Waals surface area contributed by atoms with E-state index in [0.29, 0.717) is 11.3 Å². The first kappa shape index (κ1) is 15.6. The molecule has 5 nitrogen and oxygen atoms in total. The quantitative estimate of drug-likeness (QED) is 0.770. The van der Waals surface area contributed by atoms with Crippen LogP contribution in [0.4, 0.5) is 5.82 Å². The van der Waals surface area contributed by atoms with Crippen LogP contribution in [-0.4, -0.2) is 13.6 Å². The van der Waals surface area contributed by atoms with Crippen LogP contribution in [0, 0.1) is 6.92 Å². The fourth-order valence-corrected chi connectivity index (χ4v) is 3.57. The van der Waals surface area contributed by atoms with E-state index >= 15 is 0 Å². The van der Waals surface area contributed by atoms with Crippen LogP contribution in [0.2, 0.25) is 5.02 Å². The number of hydrogen-bond acceptors (Lipinski definition) is 4. The van der Waals surface area contributed by atoms with Crippen molar-refractivity contribution in [2.45, 2.75) is 11.8 Å². The largest absolute Gasteiger partial charge is 0.358 e. The van der Waals surface area contributed by atoms with Gasteiger partial charge in [0.1, 0.15) is 5.02 Å². The Morgan fingerprint density at radius 1 is 1.04 bits per heavy atom. The molecule has 0 aliphatic rings. The van der Waals surface area contributed by atoms with Crippen LogP contribution in [0.15, 0.2) is 64.0 Å². The van der Waals surface area contributed by atoms with E-state index in [1.807, 2.05) is 30.3 Å². The van der Waals surface area contributed by atoms with Gasteiger partial charge in [-0.05, 0) is 18.6 Å². The average molecular weight is 349 g/mol. The lowest BCUT2D eigenvalue weighted by Crippen LogP contribution is -2.14. The summed E-state index contributed by atoms with van der Waals surface area (Å²) >= 11 is 5.98. The molecule has 23 heavy (non-hydrogen) atoms. The summed E-state index contributed by atoms with van der Waals surface area (Å²) in [6, 6.07) is 16.0. The maximum atomic E-state index is 12.7. The van der Waals surface area contributed by atoms with Crippen LogP contribution in [0.3, 0.4) is 0 Å². The average Bonchev–Trinajstić information content (AvgIpc) is 2.87. The van der Waals surface area contributed by atoms with Gasteiger partial charge >= 0.3 is 0 Å². The summed E-state index contributed by atoms with van der Waals surface area (Å²) in [4.78, 5) is 0.142. The van der Waals surface area contributed by atoms with Gasteiger partial charge in [0, 0.05) is 5.56 Å². The highest BCUT2D eigenvalue weighted by Gasteiger charge is 2.22. The Hall–Kier alpha value is -2.31. The Morgan fingerprint density at radius 2 is 1.70 bits per heavy atom. The Bertz CT molecular complexity index is 937. The van der Waals surface area contributed by atoms with Crippen LogP contribution in [0.25, 0.3) is 11.1 Å². The first-order chi connectivity index (χ1) is 11.0. The molecule has 0 aliphatic carbocycles.